The van der Waals surface area contributed by atoms with Crippen LogP contribution in [0, 0.1) is 17.2 Å². The molecule has 1 aromatic rings. The molecular formula is C20H26N2O4. The minimum absolute atomic E-state index is 0.0355. The Morgan fingerprint density at radius 1 is 1.12 bits per heavy atom. The summed E-state index contributed by atoms with van der Waals surface area (Å²) in [4.78, 5) is 12.6. The van der Waals surface area contributed by atoms with Crippen molar-refractivity contribution in [1.82, 2.24) is 5.32 Å². The molecule has 0 heterocycles. The lowest BCUT2D eigenvalue weighted by Crippen LogP contribution is -2.41. The van der Waals surface area contributed by atoms with Crippen LogP contribution in [0.15, 0.2) is 17.7 Å². The number of carbonyl (C=O) groups excluding carboxylic acids is 1. The summed E-state index contributed by atoms with van der Waals surface area (Å²) >= 11 is 0. The molecule has 0 bridgehead atoms. The highest BCUT2D eigenvalue weighted by Crippen LogP contribution is 2.35. The van der Waals surface area contributed by atoms with E-state index in [1.807, 2.05) is 6.07 Å². The fourth-order valence-electron chi connectivity index (χ4n) is 3.25. The van der Waals surface area contributed by atoms with Gasteiger partial charge in [-0.3, -0.25) is 4.79 Å². The lowest BCUT2D eigenvalue weighted by Gasteiger charge is -2.29. The number of nitrogens with zero attached hydrogens (tertiary/aromatic N) is 1. The summed E-state index contributed by atoms with van der Waals surface area (Å²) < 4.78 is 15.9. The number of hydrogen-bond acceptors (Lipinski definition) is 5. The van der Waals surface area contributed by atoms with Gasteiger partial charge in [0.25, 0.3) is 5.91 Å². The maximum Gasteiger partial charge on any atom is 0.262 e. The molecule has 1 saturated carbocycles. The molecule has 0 radical (unpaired) electrons. The maximum absolute atomic E-state index is 12.6. The Morgan fingerprint density at radius 2 is 1.73 bits per heavy atom. The second kappa shape index (κ2) is 9.14. The van der Waals surface area contributed by atoms with E-state index in [2.05, 4.69) is 12.2 Å². The first kappa shape index (κ1) is 19.6. The molecule has 0 spiro atoms. The smallest absolute Gasteiger partial charge is 0.262 e. The monoisotopic (exact) mass is 358 g/mol. The number of nitriles is 1. The summed E-state index contributed by atoms with van der Waals surface area (Å²) in [6, 6.07) is 5.46. The first-order valence-corrected chi connectivity index (χ1v) is 8.76. The summed E-state index contributed by atoms with van der Waals surface area (Å²) in [7, 11) is 4.58. The van der Waals surface area contributed by atoms with E-state index >= 15 is 0 Å². The largest absolute Gasteiger partial charge is 0.496 e. The van der Waals surface area contributed by atoms with Crippen LogP contribution >= 0.6 is 0 Å². The molecule has 26 heavy (non-hydrogen) atoms. The Morgan fingerprint density at radius 3 is 2.31 bits per heavy atom. The zero-order valence-corrected chi connectivity index (χ0v) is 15.8. The Balaban J connectivity index is 2.29. The van der Waals surface area contributed by atoms with Crippen molar-refractivity contribution < 1.29 is 19.0 Å². The maximum atomic E-state index is 12.6. The minimum atomic E-state index is -0.358. The molecule has 0 unspecified atom stereocenters. The third kappa shape index (κ3) is 4.48. The number of hydrogen-bond donors (Lipinski definition) is 1. The number of carbonyl (C=O) groups is 1. The molecule has 1 aliphatic carbocycles. The van der Waals surface area contributed by atoms with Crippen LogP contribution in [0.3, 0.4) is 0 Å². The molecule has 1 aliphatic rings. The molecule has 2 rings (SSSR count). The van der Waals surface area contributed by atoms with Crippen molar-refractivity contribution in [3.63, 3.8) is 0 Å². The summed E-state index contributed by atoms with van der Waals surface area (Å²) in [5.41, 5.74) is 0.613. The lowest BCUT2D eigenvalue weighted by molar-refractivity contribution is -0.118. The van der Waals surface area contributed by atoms with Crippen LogP contribution in [0.4, 0.5) is 0 Å². The molecule has 2 atom stereocenters. The predicted octanol–water partition coefficient (Wildman–Crippen LogP) is 3.31. The summed E-state index contributed by atoms with van der Waals surface area (Å²) in [5.74, 6) is 1.57. The van der Waals surface area contributed by atoms with Crippen LogP contribution in [0.2, 0.25) is 0 Å². The highest BCUT2D eigenvalue weighted by molar-refractivity contribution is 6.02. The van der Waals surface area contributed by atoms with Crippen molar-refractivity contribution in [2.24, 2.45) is 5.92 Å². The Kier molecular flexibility index (Phi) is 6.90. The highest BCUT2D eigenvalue weighted by Gasteiger charge is 2.24. The van der Waals surface area contributed by atoms with Gasteiger partial charge in [0.1, 0.15) is 17.4 Å². The minimum Gasteiger partial charge on any atom is -0.496 e. The Bertz CT molecular complexity index is 721. The number of amides is 1. The van der Waals surface area contributed by atoms with Crippen molar-refractivity contribution in [1.29, 1.82) is 5.26 Å². The number of methoxy groups -OCH3 is 3. The van der Waals surface area contributed by atoms with Gasteiger partial charge in [-0.05, 0) is 30.9 Å². The molecule has 0 aromatic heterocycles. The summed E-state index contributed by atoms with van der Waals surface area (Å²) in [5, 5.41) is 12.5. The van der Waals surface area contributed by atoms with Gasteiger partial charge >= 0.3 is 0 Å². The van der Waals surface area contributed by atoms with Crippen molar-refractivity contribution in [2.75, 3.05) is 21.3 Å². The van der Waals surface area contributed by atoms with E-state index in [9.17, 15) is 10.1 Å². The third-order valence-corrected chi connectivity index (χ3v) is 4.83. The Hall–Kier alpha value is -2.68. The number of benzene rings is 1. The predicted molar refractivity (Wildman–Crippen MR) is 99.3 cm³/mol. The number of nitrogens with one attached hydrogen (secondary N) is 1. The van der Waals surface area contributed by atoms with Gasteiger partial charge in [-0.1, -0.05) is 19.8 Å². The van der Waals surface area contributed by atoms with Crippen molar-refractivity contribution in [3.8, 4) is 23.3 Å². The molecule has 1 aromatic carbocycles. The molecule has 1 N–H and O–H groups in total. The van der Waals surface area contributed by atoms with E-state index in [1.54, 1.807) is 12.1 Å². The second-order valence-corrected chi connectivity index (χ2v) is 6.46. The molecular weight excluding hydrogens is 332 g/mol. The molecule has 0 aliphatic heterocycles. The van der Waals surface area contributed by atoms with Crippen molar-refractivity contribution in [3.05, 3.63) is 23.3 Å². The van der Waals surface area contributed by atoms with Gasteiger partial charge in [0.15, 0.2) is 11.5 Å². The summed E-state index contributed by atoms with van der Waals surface area (Å²) in [6.45, 7) is 2.14. The third-order valence-electron chi connectivity index (χ3n) is 4.83. The topological polar surface area (TPSA) is 80.6 Å². The van der Waals surface area contributed by atoms with Crippen LogP contribution in [-0.4, -0.2) is 33.3 Å². The van der Waals surface area contributed by atoms with Crippen molar-refractivity contribution in [2.45, 2.75) is 38.6 Å². The highest BCUT2D eigenvalue weighted by atomic mass is 16.5. The number of rotatable bonds is 6. The first-order valence-electron chi connectivity index (χ1n) is 8.76. The van der Waals surface area contributed by atoms with Gasteiger partial charge in [0, 0.05) is 17.7 Å². The molecule has 1 amide bonds. The fraction of sp³-hybridized carbons (Fsp3) is 0.500. The fourth-order valence-corrected chi connectivity index (χ4v) is 3.25. The zero-order valence-electron chi connectivity index (χ0n) is 15.8. The van der Waals surface area contributed by atoms with Crippen LogP contribution in [0.1, 0.15) is 38.2 Å². The molecule has 6 heteroatoms. The number of ether oxygens (including phenoxy) is 3. The lowest BCUT2D eigenvalue weighted by atomic mass is 9.86. The van der Waals surface area contributed by atoms with Gasteiger partial charge in [-0.25, -0.2) is 0 Å². The normalized spacial score (nSPS) is 20.0. The standard InChI is InChI=1S/C20H26N2O4/c1-13-7-5-6-8-16(13)22-20(23)15(12-21)9-14-10-18(25-3)19(26-4)11-17(14)24-2/h9-11,13,16H,5-8H2,1-4H3,(H,22,23)/b15-9+/t13-,16+/m1/s1. The molecule has 1 fully saturated rings. The second-order valence-electron chi connectivity index (χ2n) is 6.46. The van der Waals surface area contributed by atoms with Gasteiger partial charge in [0.05, 0.1) is 21.3 Å². The average Bonchev–Trinajstić information content (AvgIpc) is 2.66. The SMILES string of the molecule is COc1cc(OC)c(OC)cc1/C=C(\C#N)C(=O)N[C@H]1CCCC[C@H]1C. The van der Waals surface area contributed by atoms with E-state index in [0.29, 0.717) is 28.7 Å². The zero-order chi connectivity index (χ0) is 19.1. The van der Waals surface area contributed by atoms with Crippen molar-refractivity contribution >= 4 is 12.0 Å². The van der Waals surface area contributed by atoms with Crippen LogP contribution in [0.25, 0.3) is 6.08 Å². The van der Waals surface area contributed by atoms with E-state index in [1.165, 1.54) is 33.8 Å². The van der Waals surface area contributed by atoms with Gasteiger partial charge in [-0.15, -0.1) is 0 Å². The average molecular weight is 358 g/mol. The van der Waals surface area contributed by atoms with E-state index < -0.39 is 0 Å². The van der Waals surface area contributed by atoms with Crippen LogP contribution < -0.4 is 19.5 Å². The quantitative estimate of drug-likeness (QED) is 0.623. The van der Waals surface area contributed by atoms with Gasteiger partial charge in [-0.2, -0.15) is 5.26 Å². The van der Waals surface area contributed by atoms with E-state index in [4.69, 9.17) is 14.2 Å². The first-order chi connectivity index (χ1) is 12.5. The van der Waals surface area contributed by atoms with Gasteiger partial charge in [0.2, 0.25) is 0 Å². The molecule has 140 valence electrons. The molecule has 6 nitrogen and oxygen atoms in total. The molecule has 0 saturated heterocycles. The van der Waals surface area contributed by atoms with E-state index in [0.717, 1.165) is 19.3 Å². The summed E-state index contributed by atoms with van der Waals surface area (Å²) in [6.07, 6.45) is 5.86. The van der Waals surface area contributed by atoms with E-state index in [-0.39, 0.29) is 17.5 Å². The van der Waals surface area contributed by atoms with Gasteiger partial charge < -0.3 is 19.5 Å². The van der Waals surface area contributed by atoms with Crippen LogP contribution in [0.5, 0.6) is 17.2 Å². The Labute approximate surface area is 154 Å². The van der Waals surface area contributed by atoms with Crippen LogP contribution in [-0.2, 0) is 4.79 Å².